The van der Waals surface area contributed by atoms with Gasteiger partial charge < -0.3 is 11.5 Å². The maximum absolute atomic E-state index is 13.7. The molecule has 18 heavy (non-hydrogen) atoms. The Bertz CT molecular complexity index is 450. The number of likely N-dealkylation sites (tertiary alicyclic amines) is 1. The third kappa shape index (κ3) is 2.98. The molecule has 0 radical (unpaired) electrons. The fourth-order valence-electron chi connectivity index (χ4n) is 2.36. The lowest BCUT2D eigenvalue weighted by Gasteiger charge is -2.31. The van der Waals surface area contributed by atoms with E-state index in [4.69, 9.17) is 11.5 Å². The summed E-state index contributed by atoms with van der Waals surface area (Å²) in [6, 6.07) is 4.71. The highest BCUT2D eigenvalue weighted by Crippen LogP contribution is 2.20. The van der Waals surface area contributed by atoms with Gasteiger partial charge >= 0.3 is 0 Å². The lowest BCUT2D eigenvalue weighted by atomic mass is 9.97. The molecule has 1 amide bonds. The van der Waals surface area contributed by atoms with E-state index in [0.29, 0.717) is 24.3 Å². The molecule has 0 saturated carbocycles. The zero-order valence-electron chi connectivity index (χ0n) is 10.2. The summed E-state index contributed by atoms with van der Waals surface area (Å²) in [4.78, 5) is 13.2. The van der Waals surface area contributed by atoms with Gasteiger partial charge in [0.05, 0.1) is 5.92 Å². The minimum Gasteiger partial charge on any atom is -0.399 e. The first-order valence-corrected chi connectivity index (χ1v) is 6.12. The van der Waals surface area contributed by atoms with Gasteiger partial charge in [-0.15, -0.1) is 0 Å². The summed E-state index contributed by atoms with van der Waals surface area (Å²) in [5, 5.41) is 0. The lowest BCUT2D eigenvalue weighted by molar-refractivity contribution is -0.123. The zero-order chi connectivity index (χ0) is 13.1. The van der Waals surface area contributed by atoms with Crippen LogP contribution in [0.4, 0.5) is 10.1 Å². The summed E-state index contributed by atoms with van der Waals surface area (Å²) in [5.41, 5.74) is 11.9. The quantitative estimate of drug-likeness (QED) is 0.790. The molecule has 4 N–H and O–H groups in total. The minimum atomic E-state index is -0.295. The number of primary amides is 1. The van der Waals surface area contributed by atoms with E-state index in [1.165, 1.54) is 6.07 Å². The number of nitrogens with zero attached hydrogens (tertiary/aromatic N) is 1. The van der Waals surface area contributed by atoms with Crippen LogP contribution in [0.5, 0.6) is 0 Å². The monoisotopic (exact) mass is 251 g/mol. The van der Waals surface area contributed by atoms with Crippen LogP contribution >= 0.6 is 0 Å². The van der Waals surface area contributed by atoms with Crippen LogP contribution in [0, 0.1) is 11.7 Å². The smallest absolute Gasteiger partial charge is 0.221 e. The van der Waals surface area contributed by atoms with E-state index in [2.05, 4.69) is 4.90 Å². The molecule has 0 aliphatic carbocycles. The van der Waals surface area contributed by atoms with Crippen molar-refractivity contribution in [2.45, 2.75) is 19.4 Å². The topological polar surface area (TPSA) is 72.4 Å². The van der Waals surface area contributed by atoms with Crippen LogP contribution in [0.2, 0.25) is 0 Å². The molecule has 1 aliphatic heterocycles. The molecule has 1 aliphatic rings. The predicted molar refractivity (Wildman–Crippen MR) is 68.0 cm³/mol. The summed E-state index contributed by atoms with van der Waals surface area (Å²) in [6.45, 7) is 1.97. The molecule has 1 fully saturated rings. The normalized spacial score (nSPS) is 20.8. The average Bonchev–Trinajstić information content (AvgIpc) is 2.33. The standard InChI is InChI=1S/C13H18FN3O/c14-12-6-11(15)4-3-9(12)7-17-5-1-2-10(8-17)13(16)18/h3-4,6,10H,1-2,5,7-8,15H2,(H2,16,18). The van der Waals surface area contributed by atoms with Crippen molar-refractivity contribution in [1.29, 1.82) is 0 Å². The molecular formula is C13H18FN3O. The van der Waals surface area contributed by atoms with Gasteiger partial charge in [-0.2, -0.15) is 0 Å². The van der Waals surface area contributed by atoms with Crippen LogP contribution in [0.25, 0.3) is 0 Å². The van der Waals surface area contributed by atoms with Gasteiger partial charge in [0.2, 0.25) is 5.91 Å². The van der Waals surface area contributed by atoms with Gasteiger partial charge in [-0.05, 0) is 31.5 Å². The number of carbonyl (C=O) groups excluding carboxylic acids is 1. The molecule has 2 rings (SSSR count). The molecule has 1 saturated heterocycles. The highest BCUT2D eigenvalue weighted by atomic mass is 19.1. The van der Waals surface area contributed by atoms with E-state index in [1.54, 1.807) is 12.1 Å². The summed E-state index contributed by atoms with van der Waals surface area (Å²) < 4.78 is 13.7. The molecule has 1 aromatic carbocycles. The Labute approximate surface area is 106 Å². The number of carbonyl (C=O) groups is 1. The third-order valence-electron chi connectivity index (χ3n) is 3.38. The number of rotatable bonds is 3. The number of halogens is 1. The van der Waals surface area contributed by atoms with E-state index in [0.717, 1.165) is 19.4 Å². The molecule has 1 aromatic rings. The molecule has 1 atom stereocenters. The Morgan fingerprint density at radius 1 is 1.50 bits per heavy atom. The molecule has 0 spiro atoms. The summed E-state index contributed by atoms with van der Waals surface area (Å²) >= 11 is 0. The van der Waals surface area contributed by atoms with Crippen molar-refractivity contribution in [2.75, 3.05) is 18.8 Å². The van der Waals surface area contributed by atoms with Gasteiger partial charge in [0.25, 0.3) is 0 Å². The van der Waals surface area contributed by atoms with E-state index in [9.17, 15) is 9.18 Å². The maximum atomic E-state index is 13.7. The molecule has 98 valence electrons. The van der Waals surface area contributed by atoms with Gasteiger partial charge in [-0.25, -0.2) is 4.39 Å². The summed E-state index contributed by atoms with van der Waals surface area (Å²) in [6.07, 6.45) is 1.75. The van der Waals surface area contributed by atoms with Gasteiger partial charge in [-0.3, -0.25) is 9.69 Å². The van der Waals surface area contributed by atoms with E-state index >= 15 is 0 Å². The fourth-order valence-corrected chi connectivity index (χ4v) is 2.36. The number of nitrogens with two attached hydrogens (primary N) is 2. The average molecular weight is 251 g/mol. The first-order chi connectivity index (χ1) is 8.56. The number of amides is 1. The molecular weight excluding hydrogens is 233 g/mol. The highest BCUT2D eigenvalue weighted by Gasteiger charge is 2.24. The number of anilines is 1. The van der Waals surface area contributed by atoms with E-state index < -0.39 is 0 Å². The minimum absolute atomic E-state index is 0.115. The van der Waals surface area contributed by atoms with Crippen LogP contribution in [0.1, 0.15) is 18.4 Å². The second-order valence-electron chi connectivity index (χ2n) is 4.83. The summed E-state index contributed by atoms with van der Waals surface area (Å²) in [5.74, 6) is -0.677. The number of hydrogen-bond acceptors (Lipinski definition) is 3. The first-order valence-electron chi connectivity index (χ1n) is 6.12. The van der Waals surface area contributed by atoms with Crippen LogP contribution in [0.15, 0.2) is 18.2 Å². The Morgan fingerprint density at radius 2 is 2.28 bits per heavy atom. The Kier molecular flexibility index (Phi) is 3.81. The molecule has 1 heterocycles. The van der Waals surface area contributed by atoms with E-state index in [1.807, 2.05) is 0 Å². The maximum Gasteiger partial charge on any atom is 0.221 e. The SMILES string of the molecule is NC(=O)C1CCCN(Cc2ccc(N)cc2F)C1. The highest BCUT2D eigenvalue weighted by molar-refractivity contribution is 5.76. The second-order valence-corrected chi connectivity index (χ2v) is 4.83. The number of piperidine rings is 1. The zero-order valence-corrected chi connectivity index (χ0v) is 10.2. The van der Waals surface area contributed by atoms with Gasteiger partial charge in [-0.1, -0.05) is 6.07 Å². The van der Waals surface area contributed by atoms with Crippen LogP contribution < -0.4 is 11.5 Å². The Balaban J connectivity index is 2.02. The Hall–Kier alpha value is -1.62. The van der Waals surface area contributed by atoms with Crippen molar-refractivity contribution < 1.29 is 9.18 Å². The van der Waals surface area contributed by atoms with Crippen molar-refractivity contribution in [3.8, 4) is 0 Å². The number of hydrogen-bond donors (Lipinski definition) is 2. The van der Waals surface area contributed by atoms with Crippen molar-refractivity contribution in [3.05, 3.63) is 29.6 Å². The molecule has 5 heteroatoms. The van der Waals surface area contributed by atoms with Gasteiger partial charge in [0.1, 0.15) is 5.82 Å². The molecule has 0 aromatic heterocycles. The summed E-state index contributed by atoms with van der Waals surface area (Å²) in [7, 11) is 0. The van der Waals surface area contributed by atoms with Crippen LogP contribution in [-0.2, 0) is 11.3 Å². The van der Waals surface area contributed by atoms with Crippen LogP contribution in [0.3, 0.4) is 0 Å². The largest absolute Gasteiger partial charge is 0.399 e. The first kappa shape index (κ1) is 12.8. The second kappa shape index (κ2) is 5.35. The van der Waals surface area contributed by atoms with Crippen LogP contribution in [-0.4, -0.2) is 23.9 Å². The van der Waals surface area contributed by atoms with Crippen molar-refractivity contribution >= 4 is 11.6 Å². The van der Waals surface area contributed by atoms with Crippen molar-refractivity contribution in [2.24, 2.45) is 11.7 Å². The van der Waals surface area contributed by atoms with E-state index in [-0.39, 0.29) is 17.6 Å². The van der Waals surface area contributed by atoms with Crippen molar-refractivity contribution in [3.63, 3.8) is 0 Å². The predicted octanol–water partition coefficient (Wildman–Crippen LogP) is 1.11. The molecule has 0 bridgehead atoms. The molecule has 1 unspecified atom stereocenters. The van der Waals surface area contributed by atoms with Gasteiger partial charge in [0, 0.05) is 24.3 Å². The Morgan fingerprint density at radius 3 is 2.94 bits per heavy atom. The number of nitrogen functional groups attached to an aromatic ring is 1. The number of benzene rings is 1. The molecule has 4 nitrogen and oxygen atoms in total. The third-order valence-corrected chi connectivity index (χ3v) is 3.38. The van der Waals surface area contributed by atoms with Gasteiger partial charge in [0.15, 0.2) is 0 Å². The van der Waals surface area contributed by atoms with Crippen molar-refractivity contribution in [1.82, 2.24) is 4.90 Å². The lowest BCUT2D eigenvalue weighted by Crippen LogP contribution is -2.40. The fraction of sp³-hybridized carbons (Fsp3) is 0.462.